The maximum Gasteiger partial charge on any atom is 0.246 e. The Morgan fingerprint density at radius 3 is 2.71 bits per heavy atom. The number of rotatable bonds is 10. The van der Waals surface area contributed by atoms with E-state index in [4.69, 9.17) is 9.47 Å². The van der Waals surface area contributed by atoms with Crippen LogP contribution >= 0.6 is 0 Å². The Bertz CT molecular complexity index is 869. The number of hydrogen-bond acceptors (Lipinski definition) is 7. The molecule has 0 saturated carbocycles. The zero-order valence-electron chi connectivity index (χ0n) is 18.4. The lowest BCUT2D eigenvalue weighted by Gasteiger charge is -2.26. The molecule has 3 N–H and O–H groups in total. The summed E-state index contributed by atoms with van der Waals surface area (Å²) in [5.41, 5.74) is 1.78. The van der Waals surface area contributed by atoms with Gasteiger partial charge in [0.25, 0.3) is 0 Å². The Balaban J connectivity index is 1.46. The van der Waals surface area contributed by atoms with E-state index in [1.807, 2.05) is 53.8 Å². The molecule has 1 saturated heterocycles. The summed E-state index contributed by atoms with van der Waals surface area (Å²) in [5, 5.41) is 28.0. The van der Waals surface area contributed by atoms with Gasteiger partial charge in [-0.1, -0.05) is 12.1 Å². The number of carbonyl (C=O) groups is 1. The molecule has 170 valence electrons. The van der Waals surface area contributed by atoms with Crippen molar-refractivity contribution in [1.29, 1.82) is 0 Å². The number of carbonyl (C=O) groups excluding carboxylic acids is 1. The van der Waals surface area contributed by atoms with E-state index < -0.39 is 11.7 Å². The van der Waals surface area contributed by atoms with Gasteiger partial charge < -0.3 is 25.0 Å². The molecule has 0 unspecified atom stereocenters. The van der Waals surface area contributed by atoms with E-state index in [2.05, 4.69) is 10.4 Å². The lowest BCUT2D eigenvalue weighted by molar-refractivity contribution is -0.126. The molecule has 0 bridgehead atoms. The smallest absolute Gasteiger partial charge is 0.246 e. The van der Waals surface area contributed by atoms with E-state index in [-0.39, 0.29) is 25.6 Å². The van der Waals surface area contributed by atoms with Gasteiger partial charge in [-0.05, 0) is 37.6 Å². The van der Waals surface area contributed by atoms with Gasteiger partial charge in [-0.2, -0.15) is 5.10 Å². The monoisotopic (exact) mass is 432 g/mol. The van der Waals surface area contributed by atoms with Gasteiger partial charge in [0, 0.05) is 32.4 Å². The highest BCUT2D eigenvalue weighted by molar-refractivity contribution is 5.77. The number of methoxy groups -OCH3 is 1. The van der Waals surface area contributed by atoms with E-state index in [0.29, 0.717) is 26.2 Å². The summed E-state index contributed by atoms with van der Waals surface area (Å²) in [6, 6.07) is 9.82. The topological polar surface area (TPSA) is 109 Å². The Labute approximate surface area is 182 Å². The van der Waals surface area contributed by atoms with Gasteiger partial charge >= 0.3 is 0 Å². The predicted octanol–water partition coefficient (Wildman–Crippen LogP) is 0.249. The van der Waals surface area contributed by atoms with Crippen molar-refractivity contribution in [1.82, 2.24) is 20.0 Å². The molecule has 9 nitrogen and oxygen atoms in total. The maximum absolute atomic E-state index is 11.6. The molecular formula is C22H32N4O5. The molecule has 2 aromatic rings. The minimum atomic E-state index is -1.38. The first-order chi connectivity index (χ1) is 14.8. The minimum Gasteiger partial charge on any atom is -0.492 e. The third-order valence-electron chi connectivity index (χ3n) is 5.42. The van der Waals surface area contributed by atoms with Crippen LogP contribution in [0.2, 0.25) is 0 Å². The first-order valence-corrected chi connectivity index (χ1v) is 10.4. The molecule has 1 amide bonds. The predicted molar refractivity (Wildman–Crippen MR) is 115 cm³/mol. The average Bonchev–Trinajstić information content (AvgIpc) is 3.19. The van der Waals surface area contributed by atoms with Crippen LogP contribution in [0.1, 0.15) is 17.0 Å². The van der Waals surface area contributed by atoms with Crippen molar-refractivity contribution in [2.24, 2.45) is 0 Å². The summed E-state index contributed by atoms with van der Waals surface area (Å²) in [6.45, 7) is 6.30. The largest absolute Gasteiger partial charge is 0.492 e. The van der Waals surface area contributed by atoms with Gasteiger partial charge in [0.05, 0.1) is 24.9 Å². The molecule has 0 aliphatic carbocycles. The van der Waals surface area contributed by atoms with Crippen LogP contribution in [0.3, 0.4) is 0 Å². The number of β-amino-alcohol motifs (C(OH)–C–C–N with tert-alkyl or cyclic N) is 2. The number of likely N-dealkylation sites (tertiary alicyclic amines) is 1. The van der Waals surface area contributed by atoms with Gasteiger partial charge in [-0.25, -0.2) is 0 Å². The number of aryl methyl sites for hydroxylation is 2. The van der Waals surface area contributed by atoms with E-state index in [1.165, 1.54) is 7.11 Å². The number of benzene rings is 1. The van der Waals surface area contributed by atoms with Crippen molar-refractivity contribution in [2.75, 3.05) is 40.0 Å². The van der Waals surface area contributed by atoms with Crippen molar-refractivity contribution in [2.45, 2.75) is 38.6 Å². The summed E-state index contributed by atoms with van der Waals surface area (Å²) < 4.78 is 12.5. The van der Waals surface area contributed by atoms with Gasteiger partial charge in [0.2, 0.25) is 5.91 Å². The lowest BCUT2D eigenvalue weighted by Crippen LogP contribution is -2.51. The van der Waals surface area contributed by atoms with Crippen molar-refractivity contribution in [3.05, 3.63) is 47.3 Å². The van der Waals surface area contributed by atoms with Crippen LogP contribution in [0.5, 0.6) is 5.75 Å². The highest BCUT2D eigenvalue weighted by atomic mass is 16.5. The quantitative estimate of drug-likeness (QED) is 0.494. The zero-order chi connectivity index (χ0) is 22.4. The molecule has 1 aromatic carbocycles. The third-order valence-corrected chi connectivity index (χ3v) is 5.42. The van der Waals surface area contributed by atoms with E-state index in [9.17, 15) is 15.0 Å². The molecule has 9 heteroatoms. The average molecular weight is 433 g/mol. The Hall–Kier alpha value is -2.46. The number of ether oxygens (including phenoxy) is 2. The SMILES string of the molecule is COCC(=O)NC[C@]1(O)CN(Cc2ccc(OCCn3nc(C)cc3C)cc2)C[C@H]1O. The van der Waals surface area contributed by atoms with Crippen molar-refractivity contribution >= 4 is 5.91 Å². The van der Waals surface area contributed by atoms with Crippen LogP contribution in [0, 0.1) is 13.8 Å². The summed E-state index contributed by atoms with van der Waals surface area (Å²) in [6.07, 6.45) is -0.938. The van der Waals surface area contributed by atoms with Crippen LogP contribution in [0.25, 0.3) is 0 Å². The summed E-state index contributed by atoms with van der Waals surface area (Å²) in [7, 11) is 1.43. The van der Waals surface area contributed by atoms with E-state index in [0.717, 1.165) is 22.7 Å². The fourth-order valence-electron chi connectivity index (χ4n) is 3.80. The van der Waals surface area contributed by atoms with E-state index >= 15 is 0 Å². The molecule has 1 fully saturated rings. The second-order valence-corrected chi connectivity index (χ2v) is 8.14. The standard InChI is InChI=1S/C22H32N4O5/c1-16-10-17(2)26(24-16)8-9-31-19-6-4-18(5-7-19)11-25-12-20(27)22(29,15-25)14-23-21(28)13-30-3/h4-7,10,20,27,29H,8-9,11-15H2,1-3H3,(H,23,28)/t20-,22+/m1/s1. The molecule has 2 atom stereocenters. The summed E-state index contributed by atoms with van der Waals surface area (Å²) in [5.74, 6) is 0.458. The van der Waals surface area contributed by atoms with Crippen molar-refractivity contribution < 1.29 is 24.5 Å². The second-order valence-electron chi connectivity index (χ2n) is 8.14. The second kappa shape index (κ2) is 10.2. The van der Waals surface area contributed by atoms with Gasteiger partial charge in [-0.3, -0.25) is 14.4 Å². The molecule has 3 rings (SSSR count). The fraction of sp³-hybridized carbons (Fsp3) is 0.545. The molecular weight excluding hydrogens is 400 g/mol. The van der Waals surface area contributed by atoms with Crippen molar-refractivity contribution in [3.8, 4) is 5.75 Å². The van der Waals surface area contributed by atoms with Crippen LogP contribution < -0.4 is 10.1 Å². The number of aromatic nitrogens is 2. The number of amides is 1. The van der Waals surface area contributed by atoms with Crippen LogP contribution in [0.4, 0.5) is 0 Å². The molecule has 1 aliphatic heterocycles. The highest BCUT2D eigenvalue weighted by Crippen LogP contribution is 2.24. The summed E-state index contributed by atoms with van der Waals surface area (Å²) >= 11 is 0. The normalized spacial score (nSPS) is 21.4. The number of hydrogen-bond donors (Lipinski definition) is 3. The minimum absolute atomic E-state index is 0.0190. The fourth-order valence-corrected chi connectivity index (χ4v) is 3.80. The molecule has 31 heavy (non-hydrogen) atoms. The van der Waals surface area contributed by atoms with Crippen LogP contribution in [-0.2, 0) is 22.6 Å². The van der Waals surface area contributed by atoms with Crippen molar-refractivity contribution in [3.63, 3.8) is 0 Å². The maximum atomic E-state index is 11.6. The molecule has 1 aromatic heterocycles. The third kappa shape index (κ3) is 6.27. The molecule has 0 radical (unpaired) electrons. The molecule has 1 aliphatic rings. The van der Waals surface area contributed by atoms with Crippen LogP contribution in [0.15, 0.2) is 30.3 Å². The van der Waals surface area contributed by atoms with E-state index in [1.54, 1.807) is 0 Å². The molecule has 2 heterocycles. The lowest BCUT2D eigenvalue weighted by atomic mass is 10.0. The van der Waals surface area contributed by atoms with Crippen LogP contribution in [-0.4, -0.2) is 82.5 Å². The van der Waals surface area contributed by atoms with Gasteiger partial charge in [0.15, 0.2) is 0 Å². The highest BCUT2D eigenvalue weighted by Gasteiger charge is 2.44. The summed E-state index contributed by atoms with van der Waals surface area (Å²) in [4.78, 5) is 13.5. The Kier molecular flexibility index (Phi) is 7.66. The first kappa shape index (κ1) is 23.2. The number of nitrogens with one attached hydrogen (secondary N) is 1. The Morgan fingerprint density at radius 1 is 1.32 bits per heavy atom. The molecule has 0 spiro atoms. The number of aliphatic hydroxyl groups is 2. The zero-order valence-corrected chi connectivity index (χ0v) is 18.4. The first-order valence-electron chi connectivity index (χ1n) is 10.4. The Morgan fingerprint density at radius 2 is 2.06 bits per heavy atom. The van der Waals surface area contributed by atoms with Gasteiger partial charge in [-0.15, -0.1) is 0 Å². The number of aliphatic hydroxyl groups excluding tert-OH is 1. The number of nitrogens with zero attached hydrogens (tertiary/aromatic N) is 3. The van der Waals surface area contributed by atoms with Gasteiger partial charge in [0.1, 0.15) is 24.6 Å².